The van der Waals surface area contributed by atoms with Crippen LogP contribution in [0.5, 0.6) is 11.5 Å². The number of hydrogen-bond donors (Lipinski definition) is 7. The van der Waals surface area contributed by atoms with Gasteiger partial charge >= 0.3 is 17.9 Å². The van der Waals surface area contributed by atoms with Crippen LogP contribution in [0.4, 0.5) is 5.69 Å². The molecule has 3 rings (SSSR count). The van der Waals surface area contributed by atoms with Crippen molar-refractivity contribution in [2.45, 2.75) is 24.9 Å². The molecule has 0 aromatic heterocycles. The van der Waals surface area contributed by atoms with Gasteiger partial charge in [0.25, 0.3) is 0 Å². The summed E-state index contributed by atoms with van der Waals surface area (Å²) in [5, 5.41) is 49.7. The fourth-order valence-electron chi connectivity index (χ4n) is 3.52. The Bertz CT molecular complexity index is 920. The maximum absolute atomic E-state index is 11.6. The lowest BCUT2D eigenvalue weighted by Gasteiger charge is -2.23. The third-order valence-electron chi connectivity index (χ3n) is 4.90. The van der Waals surface area contributed by atoms with E-state index < -0.39 is 30.0 Å². The van der Waals surface area contributed by atoms with Gasteiger partial charge in [0.1, 0.15) is 24.0 Å². The van der Waals surface area contributed by atoms with Gasteiger partial charge in [-0.2, -0.15) is 0 Å². The number of carboxylic acids is 3. The highest BCUT2D eigenvalue weighted by Gasteiger charge is 2.40. The van der Waals surface area contributed by atoms with Crippen LogP contribution in [0.15, 0.2) is 35.6 Å². The average Bonchev–Trinajstić information content (AvgIpc) is 2.97. The fourth-order valence-corrected chi connectivity index (χ4v) is 3.52. The van der Waals surface area contributed by atoms with Crippen molar-refractivity contribution in [3.63, 3.8) is 0 Å². The van der Waals surface area contributed by atoms with Crippen LogP contribution in [0.25, 0.3) is 0 Å². The van der Waals surface area contributed by atoms with Crippen LogP contribution in [0, 0.1) is 0 Å². The Morgan fingerprint density at radius 3 is 2.36 bits per heavy atom. The van der Waals surface area contributed by atoms with Crippen molar-refractivity contribution in [2.75, 3.05) is 6.54 Å². The van der Waals surface area contributed by atoms with Crippen LogP contribution in [-0.4, -0.2) is 62.1 Å². The smallest absolute Gasteiger partial charge is 0.363 e. The zero-order chi connectivity index (χ0) is 20.6. The van der Waals surface area contributed by atoms with Crippen molar-refractivity contribution in [1.29, 1.82) is 0 Å². The highest BCUT2D eigenvalue weighted by Crippen LogP contribution is 2.32. The van der Waals surface area contributed by atoms with Gasteiger partial charge in [-0.3, -0.25) is 4.90 Å². The molecule has 0 amide bonds. The molecule has 3 atom stereocenters. The summed E-state index contributed by atoms with van der Waals surface area (Å²) in [5.41, 5.74) is 1.31. The Kier molecular flexibility index (Phi) is 4.97. The van der Waals surface area contributed by atoms with Crippen LogP contribution >= 0.6 is 0 Å². The van der Waals surface area contributed by atoms with E-state index in [1.54, 1.807) is 6.08 Å². The minimum absolute atomic E-state index is 0.0464. The summed E-state index contributed by atoms with van der Waals surface area (Å²) >= 11 is 0. The van der Waals surface area contributed by atoms with Gasteiger partial charge in [0.15, 0.2) is 17.5 Å². The number of benzene rings is 1. The van der Waals surface area contributed by atoms with Gasteiger partial charge < -0.3 is 30.8 Å². The Balaban J connectivity index is 1.92. The lowest BCUT2D eigenvalue weighted by atomic mass is 9.99. The first-order valence-electron chi connectivity index (χ1n) is 8.44. The van der Waals surface area contributed by atoms with Gasteiger partial charge in [0.05, 0.1) is 0 Å². The molecule has 2 aliphatic heterocycles. The van der Waals surface area contributed by atoms with Crippen molar-refractivity contribution in [3.05, 3.63) is 41.1 Å². The molecule has 7 N–H and O–H groups in total. The topological polar surface area (TPSA) is 169 Å². The molecule has 0 spiro atoms. The first-order chi connectivity index (χ1) is 13.2. The molecule has 0 saturated carbocycles. The lowest BCUT2D eigenvalue weighted by Crippen LogP contribution is -3.11. The first kappa shape index (κ1) is 19.2. The van der Waals surface area contributed by atoms with E-state index in [0.29, 0.717) is 21.7 Å². The number of carbonyl (C=O) groups is 3. The molecule has 0 fully saturated rings. The predicted octanol–water partition coefficient (Wildman–Crippen LogP) is -1.04. The SMILES string of the molecule is O=C(O)C1=C/C(=C/C[NH+]2c3cc(O)c(O)cc3C[C@H]2C(=O)O)C[C@@H](C(=O)O)N1. The summed E-state index contributed by atoms with van der Waals surface area (Å²) in [7, 11) is 0. The maximum atomic E-state index is 11.6. The molecule has 0 saturated heterocycles. The van der Waals surface area contributed by atoms with E-state index in [1.807, 2.05) is 0 Å². The van der Waals surface area contributed by atoms with Crippen LogP contribution in [0.3, 0.4) is 0 Å². The zero-order valence-corrected chi connectivity index (χ0v) is 14.5. The monoisotopic (exact) mass is 391 g/mol. The van der Waals surface area contributed by atoms with Crippen LogP contribution in [0.1, 0.15) is 12.0 Å². The second kappa shape index (κ2) is 7.24. The molecular formula is C18H19N2O8+. The van der Waals surface area contributed by atoms with Gasteiger partial charge in [-0.1, -0.05) is 0 Å². The third-order valence-corrected chi connectivity index (χ3v) is 4.90. The molecule has 1 unspecified atom stereocenters. The largest absolute Gasteiger partial charge is 0.504 e. The van der Waals surface area contributed by atoms with Gasteiger partial charge in [-0.15, -0.1) is 0 Å². The molecule has 1 aromatic rings. The van der Waals surface area contributed by atoms with E-state index >= 15 is 0 Å². The predicted molar refractivity (Wildman–Crippen MR) is 93.4 cm³/mol. The average molecular weight is 391 g/mol. The van der Waals surface area contributed by atoms with E-state index in [0.717, 1.165) is 0 Å². The Morgan fingerprint density at radius 1 is 1.07 bits per heavy atom. The lowest BCUT2D eigenvalue weighted by molar-refractivity contribution is -0.838. The second-order valence-corrected chi connectivity index (χ2v) is 6.70. The highest BCUT2D eigenvalue weighted by molar-refractivity contribution is 5.89. The molecule has 10 heteroatoms. The molecule has 2 aliphatic rings. The number of phenolic OH excluding ortho intramolecular Hbond substituents is 2. The molecule has 0 aliphatic carbocycles. The molecule has 148 valence electrons. The quantitative estimate of drug-likeness (QED) is 0.245. The number of aromatic hydroxyl groups is 2. The molecule has 1 aromatic carbocycles. The summed E-state index contributed by atoms with van der Waals surface area (Å²) in [6.07, 6.45) is 3.13. The number of nitrogens with one attached hydrogen (secondary N) is 2. The standard InChI is InChI=1S/C18H18N2O8/c21-14-6-9-5-13(18(27)28)20(12(9)7-15(14)22)2-1-8-3-10(16(23)24)19-11(4-8)17(25)26/h1,3,6-7,11,13,19,21-22H,2,4-5H2,(H,23,24)(H,25,26)(H,27,28)/p+1/b8-1-/t11-,13-/m0/s1. The van der Waals surface area contributed by atoms with Crippen molar-refractivity contribution >= 4 is 23.6 Å². The molecular weight excluding hydrogens is 372 g/mol. The minimum atomic E-state index is -1.29. The van der Waals surface area contributed by atoms with E-state index in [-0.39, 0.29) is 36.6 Å². The Labute approximate surface area is 158 Å². The molecule has 0 bridgehead atoms. The summed E-state index contributed by atoms with van der Waals surface area (Å²) in [5.74, 6) is -4.24. The van der Waals surface area contributed by atoms with E-state index in [1.165, 1.54) is 18.2 Å². The van der Waals surface area contributed by atoms with Crippen LogP contribution < -0.4 is 10.2 Å². The number of quaternary nitrogens is 1. The van der Waals surface area contributed by atoms with Crippen molar-refractivity contribution in [1.82, 2.24) is 5.32 Å². The summed E-state index contributed by atoms with van der Waals surface area (Å²) in [4.78, 5) is 34.6. The summed E-state index contributed by atoms with van der Waals surface area (Å²) in [6.45, 7) is 0.138. The highest BCUT2D eigenvalue weighted by atomic mass is 16.4. The van der Waals surface area contributed by atoms with Crippen LogP contribution in [-0.2, 0) is 20.8 Å². The number of aliphatic carboxylic acids is 3. The molecule has 28 heavy (non-hydrogen) atoms. The van der Waals surface area contributed by atoms with Crippen LogP contribution in [0.2, 0.25) is 0 Å². The number of allylic oxidation sites excluding steroid dienone is 1. The second-order valence-electron chi connectivity index (χ2n) is 6.70. The summed E-state index contributed by atoms with van der Waals surface area (Å²) < 4.78 is 0. The molecule has 10 nitrogen and oxygen atoms in total. The van der Waals surface area contributed by atoms with E-state index in [9.17, 15) is 34.8 Å². The van der Waals surface area contributed by atoms with Gasteiger partial charge in [-0.05, 0) is 23.8 Å². The number of rotatable bonds is 5. The number of carboxylic acid groups (broad SMARTS) is 3. The van der Waals surface area contributed by atoms with E-state index in [4.69, 9.17) is 5.11 Å². The van der Waals surface area contributed by atoms with Crippen molar-refractivity contribution in [2.24, 2.45) is 0 Å². The van der Waals surface area contributed by atoms with Gasteiger partial charge in [0.2, 0.25) is 0 Å². The summed E-state index contributed by atoms with van der Waals surface area (Å²) in [6, 6.07) is 0.684. The van der Waals surface area contributed by atoms with Gasteiger partial charge in [0, 0.05) is 24.5 Å². The Morgan fingerprint density at radius 2 is 1.75 bits per heavy atom. The minimum Gasteiger partial charge on any atom is -0.504 e. The zero-order valence-electron chi connectivity index (χ0n) is 14.5. The maximum Gasteiger partial charge on any atom is 0.363 e. The van der Waals surface area contributed by atoms with E-state index in [2.05, 4.69) is 5.32 Å². The van der Waals surface area contributed by atoms with Gasteiger partial charge in [-0.25, -0.2) is 14.4 Å². The van der Waals surface area contributed by atoms with Crippen molar-refractivity contribution < 1.29 is 44.8 Å². The van der Waals surface area contributed by atoms with Crippen molar-refractivity contribution in [3.8, 4) is 11.5 Å². The molecule has 2 heterocycles. The number of phenols is 2. The first-order valence-corrected chi connectivity index (χ1v) is 8.44. The Hall–Kier alpha value is -3.53. The number of hydrogen-bond acceptors (Lipinski definition) is 6. The molecule has 0 radical (unpaired) electrons. The third kappa shape index (κ3) is 3.62. The normalized spacial score (nSPS) is 24.9. The number of fused-ring (bicyclic) bond motifs is 1. The fraction of sp³-hybridized carbons (Fsp3) is 0.278.